The molecule has 0 spiro atoms. The topological polar surface area (TPSA) is 53.1 Å². The van der Waals surface area contributed by atoms with Gasteiger partial charge in [-0.3, -0.25) is 14.5 Å². The van der Waals surface area contributed by atoms with Gasteiger partial charge in [-0.05, 0) is 30.9 Å². The van der Waals surface area contributed by atoms with Gasteiger partial charge in [0.1, 0.15) is 0 Å². The molecule has 1 unspecified atom stereocenters. The minimum atomic E-state index is 0.0573. The monoisotopic (exact) mass is 371 g/mol. The summed E-state index contributed by atoms with van der Waals surface area (Å²) in [6.07, 6.45) is 3.77. The van der Waals surface area contributed by atoms with E-state index in [4.69, 9.17) is 4.74 Å². The maximum atomic E-state index is 12.9. The molecule has 4 rings (SSSR count). The SMILES string of the molecule is O=C1c2ccccc2CN1CCC(=O)N1CCCCC1CN1CCOCC1. The third kappa shape index (κ3) is 4.17. The number of carbonyl (C=O) groups excluding carboxylic acids is 2. The van der Waals surface area contributed by atoms with Gasteiger partial charge in [-0.2, -0.15) is 0 Å². The van der Waals surface area contributed by atoms with E-state index < -0.39 is 0 Å². The van der Waals surface area contributed by atoms with Crippen molar-refractivity contribution in [3.05, 3.63) is 35.4 Å². The number of hydrogen-bond acceptors (Lipinski definition) is 4. The van der Waals surface area contributed by atoms with Crippen molar-refractivity contribution in [2.75, 3.05) is 45.9 Å². The van der Waals surface area contributed by atoms with E-state index in [2.05, 4.69) is 9.80 Å². The number of likely N-dealkylation sites (tertiary alicyclic amines) is 1. The van der Waals surface area contributed by atoms with Crippen molar-refractivity contribution < 1.29 is 14.3 Å². The van der Waals surface area contributed by atoms with Gasteiger partial charge in [-0.15, -0.1) is 0 Å². The van der Waals surface area contributed by atoms with E-state index in [0.29, 0.717) is 25.6 Å². The Morgan fingerprint density at radius 1 is 1.11 bits per heavy atom. The third-order valence-electron chi connectivity index (χ3n) is 6.01. The number of fused-ring (bicyclic) bond motifs is 1. The minimum absolute atomic E-state index is 0.0573. The van der Waals surface area contributed by atoms with Crippen molar-refractivity contribution in [2.45, 2.75) is 38.3 Å². The molecule has 2 saturated heterocycles. The molecule has 3 aliphatic heterocycles. The lowest BCUT2D eigenvalue weighted by atomic mass is 10.0. The third-order valence-corrected chi connectivity index (χ3v) is 6.01. The van der Waals surface area contributed by atoms with E-state index in [9.17, 15) is 9.59 Å². The number of ether oxygens (including phenoxy) is 1. The normalized spacial score (nSPS) is 23.6. The summed E-state index contributed by atoms with van der Waals surface area (Å²) in [5.74, 6) is 0.249. The fourth-order valence-electron chi connectivity index (χ4n) is 4.47. The smallest absolute Gasteiger partial charge is 0.254 e. The van der Waals surface area contributed by atoms with Crippen LogP contribution in [0.4, 0.5) is 0 Å². The molecule has 2 amide bonds. The quantitative estimate of drug-likeness (QED) is 0.791. The lowest BCUT2D eigenvalue weighted by Gasteiger charge is -2.40. The summed E-state index contributed by atoms with van der Waals surface area (Å²) < 4.78 is 5.44. The summed E-state index contributed by atoms with van der Waals surface area (Å²) in [6.45, 7) is 6.42. The predicted molar refractivity (Wildman–Crippen MR) is 102 cm³/mol. The van der Waals surface area contributed by atoms with Crippen LogP contribution < -0.4 is 0 Å². The number of rotatable bonds is 5. The van der Waals surface area contributed by atoms with Crippen LogP contribution in [0, 0.1) is 0 Å². The molecule has 0 aromatic heterocycles. The van der Waals surface area contributed by atoms with Crippen LogP contribution in [0.15, 0.2) is 24.3 Å². The first-order chi connectivity index (χ1) is 13.2. The Labute approximate surface area is 161 Å². The highest BCUT2D eigenvalue weighted by Gasteiger charge is 2.31. The van der Waals surface area contributed by atoms with Crippen LogP contribution in [0.2, 0.25) is 0 Å². The summed E-state index contributed by atoms with van der Waals surface area (Å²) in [5, 5.41) is 0. The van der Waals surface area contributed by atoms with Gasteiger partial charge in [-0.1, -0.05) is 18.2 Å². The average molecular weight is 371 g/mol. The largest absolute Gasteiger partial charge is 0.379 e. The molecule has 0 radical (unpaired) electrons. The Kier molecular flexibility index (Phi) is 5.74. The highest BCUT2D eigenvalue weighted by Crippen LogP contribution is 2.23. The molecule has 1 atom stereocenters. The molecule has 1 aromatic carbocycles. The van der Waals surface area contributed by atoms with Gasteiger partial charge in [-0.25, -0.2) is 0 Å². The van der Waals surface area contributed by atoms with E-state index in [1.54, 1.807) is 0 Å². The van der Waals surface area contributed by atoms with Gasteiger partial charge < -0.3 is 14.5 Å². The summed E-state index contributed by atoms with van der Waals surface area (Å²) in [5.41, 5.74) is 1.85. The van der Waals surface area contributed by atoms with Crippen molar-refractivity contribution in [1.82, 2.24) is 14.7 Å². The zero-order chi connectivity index (χ0) is 18.6. The lowest BCUT2D eigenvalue weighted by Crippen LogP contribution is -2.51. The Morgan fingerprint density at radius 3 is 2.74 bits per heavy atom. The molecule has 146 valence electrons. The molecule has 6 nitrogen and oxygen atoms in total. The maximum absolute atomic E-state index is 12.9. The van der Waals surface area contributed by atoms with Gasteiger partial charge in [0.25, 0.3) is 5.91 Å². The van der Waals surface area contributed by atoms with Crippen LogP contribution in [-0.4, -0.2) is 78.5 Å². The number of benzene rings is 1. The van der Waals surface area contributed by atoms with E-state index >= 15 is 0 Å². The highest BCUT2D eigenvalue weighted by molar-refractivity contribution is 5.98. The van der Waals surface area contributed by atoms with Gasteiger partial charge in [0, 0.05) is 57.3 Å². The average Bonchev–Trinajstić information content (AvgIpc) is 3.03. The first-order valence-electron chi connectivity index (χ1n) is 10.2. The van der Waals surface area contributed by atoms with Crippen LogP contribution in [0.3, 0.4) is 0 Å². The molecule has 0 aliphatic carbocycles. The predicted octanol–water partition coefficient (Wildman–Crippen LogP) is 1.75. The number of amides is 2. The lowest BCUT2D eigenvalue weighted by molar-refractivity contribution is -0.135. The molecule has 6 heteroatoms. The highest BCUT2D eigenvalue weighted by atomic mass is 16.5. The summed E-state index contributed by atoms with van der Waals surface area (Å²) in [7, 11) is 0. The second-order valence-corrected chi connectivity index (χ2v) is 7.78. The molecule has 2 fully saturated rings. The maximum Gasteiger partial charge on any atom is 0.254 e. The Morgan fingerprint density at radius 2 is 1.93 bits per heavy atom. The summed E-state index contributed by atoms with van der Waals surface area (Å²) in [4.78, 5) is 31.7. The Hall–Kier alpha value is -1.92. The number of nitrogens with zero attached hydrogens (tertiary/aromatic N) is 3. The van der Waals surface area contributed by atoms with E-state index in [1.165, 1.54) is 6.42 Å². The Bertz CT molecular complexity index is 687. The van der Waals surface area contributed by atoms with E-state index in [1.807, 2.05) is 29.2 Å². The summed E-state index contributed by atoms with van der Waals surface area (Å²) in [6, 6.07) is 8.04. The van der Waals surface area contributed by atoms with Crippen LogP contribution in [0.1, 0.15) is 41.6 Å². The van der Waals surface area contributed by atoms with E-state index in [0.717, 1.165) is 63.4 Å². The van der Waals surface area contributed by atoms with Crippen LogP contribution in [0.25, 0.3) is 0 Å². The summed E-state index contributed by atoms with van der Waals surface area (Å²) >= 11 is 0. The minimum Gasteiger partial charge on any atom is -0.379 e. The van der Waals surface area contributed by atoms with Crippen LogP contribution in [-0.2, 0) is 16.1 Å². The van der Waals surface area contributed by atoms with Crippen LogP contribution >= 0.6 is 0 Å². The number of carbonyl (C=O) groups is 2. The molecular formula is C21H29N3O3. The zero-order valence-corrected chi connectivity index (χ0v) is 15.9. The molecule has 3 aliphatic rings. The molecule has 3 heterocycles. The van der Waals surface area contributed by atoms with Crippen LogP contribution in [0.5, 0.6) is 0 Å². The number of hydrogen-bond donors (Lipinski definition) is 0. The van der Waals surface area contributed by atoms with Crippen molar-refractivity contribution in [2.24, 2.45) is 0 Å². The molecule has 1 aromatic rings. The Balaban J connectivity index is 1.32. The fourth-order valence-corrected chi connectivity index (χ4v) is 4.47. The second-order valence-electron chi connectivity index (χ2n) is 7.78. The standard InChI is InChI=1S/C21H29N3O3/c25-20(8-10-23-15-17-5-1-2-7-19(17)21(23)26)24-9-4-3-6-18(24)16-22-11-13-27-14-12-22/h1-2,5,7,18H,3-4,6,8-16H2. The first kappa shape index (κ1) is 18.4. The molecule has 0 N–H and O–H groups in total. The van der Waals surface area contributed by atoms with E-state index in [-0.39, 0.29) is 11.8 Å². The van der Waals surface area contributed by atoms with Crippen molar-refractivity contribution in [1.29, 1.82) is 0 Å². The molecule has 0 bridgehead atoms. The molecule has 27 heavy (non-hydrogen) atoms. The van der Waals surface area contributed by atoms with Crippen molar-refractivity contribution in [3.63, 3.8) is 0 Å². The van der Waals surface area contributed by atoms with Crippen molar-refractivity contribution >= 4 is 11.8 Å². The molecule has 0 saturated carbocycles. The van der Waals surface area contributed by atoms with Gasteiger partial charge in [0.05, 0.1) is 13.2 Å². The number of morpholine rings is 1. The van der Waals surface area contributed by atoms with Crippen molar-refractivity contribution in [3.8, 4) is 0 Å². The number of piperidine rings is 1. The van der Waals surface area contributed by atoms with Gasteiger partial charge in [0.2, 0.25) is 5.91 Å². The molecular weight excluding hydrogens is 342 g/mol. The fraction of sp³-hybridized carbons (Fsp3) is 0.619. The first-order valence-corrected chi connectivity index (χ1v) is 10.2. The van der Waals surface area contributed by atoms with Gasteiger partial charge in [0.15, 0.2) is 0 Å². The second kappa shape index (κ2) is 8.40. The van der Waals surface area contributed by atoms with Gasteiger partial charge >= 0.3 is 0 Å². The zero-order valence-electron chi connectivity index (χ0n) is 15.9.